The van der Waals surface area contributed by atoms with E-state index in [9.17, 15) is 4.39 Å². The van der Waals surface area contributed by atoms with Crippen LogP contribution in [0.25, 0.3) is 0 Å². The van der Waals surface area contributed by atoms with Crippen molar-refractivity contribution >= 4 is 27.5 Å². The molecule has 1 aromatic heterocycles. The lowest BCUT2D eigenvalue weighted by molar-refractivity contribution is 0.449. The average Bonchev–Trinajstić information content (AvgIpc) is 2.76. The zero-order valence-corrected chi connectivity index (χ0v) is 12.1. The molecule has 0 saturated heterocycles. The van der Waals surface area contributed by atoms with E-state index in [-0.39, 0.29) is 11.1 Å². The molecular weight excluding hydrogens is 321 g/mol. The Morgan fingerprint density at radius 2 is 2.22 bits per heavy atom. The molecule has 1 atom stereocenters. The van der Waals surface area contributed by atoms with Crippen molar-refractivity contribution in [1.29, 1.82) is 0 Å². The summed E-state index contributed by atoms with van der Waals surface area (Å²) in [6.45, 7) is 2.68. The summed E-state index contributed by atoms with van der Waals surface area (Å²) in [6, 6.07) is 6.28. The van der Waals surface area contributed by atoms with Gasteiger partial charge in [-0.2, -0.15) is 0 Å². The molecule has 0 amide bonds. The van der Waals surface area contributed by atoms with E-state index in [4.69, 9.17) is 16.0 Å². The summed E-state index contributed by atoms with van der Waals surface area (Å²) in [5, 5.41) is 3.35. The maximum Gasteiger partial charge on any atom is 0.142 e. The van der Waals surface area contributed by atoms with Gasteiger partial charge in [0.25, 0.3) is 0 Å². The van der Waals surface area contributed by atoms with Gasteiger partial charge in [-0.05, 0) is 40.2 Å². The van der Waals surface area contributed by atoms with Gasteiger partial charge in [-0.15, -0.1) is 0 Å². The van der Waals surface area contributed by atoms with Gasteiger partial charge < -0.3 is 9.73 Å². The Hall–Kier alpha value is -0.840. The van der Waals surface area contributed by atoms with E-state index in [0.717, 1.165) is 4.47 Å². The average molecular weight is 333 g/mol. The predicted octanol–water partition coefficient (Wildman–Crippen LogP) is 4.53. The van der Waals surface area contributed by atoms with Crippen molar-refractivity contribution in [2.45, 2.75) is 13.0 Å². The minimum Gasteiger partial charge on any atom is -0.466 e. The topological polar surface area (TPSA) is 25.2 Å². The van der Waals surface area contributed by atoms with Crippen LogP contribution in [0.2, 0.25) is 5.02 Å². The number of benzene rings is 1. The van der Waals surface area contributed by atoms with Gasteiger partial charge in [-0.1, -0.05) is 30.7 Å². The van der Waals surface area contributed by atoms with E-state index in [0.29, 0.717) is 17.9 Å². The van der Waals surface area contributed by atoms with Crippen LogP contribution in [0.15, 0.2) is 39.4 Å². The van der Waals surface area contributed by atoms with E-state index >= 15 is 0 Å². The first-order valence-corrected chi connectivity index (χ1v) is 6.72. The number of hydrogen-bond donors (Lipinski definition) is 1. The van der Waals surface area contributed by atoms with Crippen molar-refractivity contribution in [2.24, 2.45) is 0 Å². The van der Waals surface area contributed by atoms with Crippen molar-refractivity contribution in [3.05, 3.63) is 57.2 Å². The third kappa shape index (κ3) is 2.60. The standard InChI is InChI=1S/C13H12BrClFNO/c1-2-17-12(13-9(14)6-7-18-13)8-4-3-5-10(16)11(8)15/h3-7,12,17H,2H2,1H3. The van der Waals surface area contributed by atoms with E-state index in [2.05, 4.69) is 21.2 Å². The second-order valence-electron chi connectivity index (χ2n) is 3.77. The SMILES string of the molecule is CCNC(c1cccc(F)c1Cl)c1occc1Br. The van der Waals surface area contributed by atoms with Gasteiger partial charge in [-0.3, -0.25) is 0 Å². The van der Waals surface area contributed by atoms with Gasteiger partial charge in [0.05, 0.1) is 21.8 Å². The van der Waals surface area contributed by atoms with E-state index < -0.39 is 5.82 Å². The number of rotatable bonds is 4. The number of halogens is 3. The molecule has 0 radical (unpaired) electrons. The molecule has 0 aliphatic carbocycles. The number of hydrogen-bond acceptors (Lipinski definition) is 2. The molecule has 1 heterocycles. The molecule has 96 valence electrons. The molecule has 1 aromatic carbocycles. The van der Waals surface area contributed by atoms with Gasteiger partial charge in [0.2, 0.25) is 0 Å². The largest absolute Gasteiger partial charge is 0.466 e. The van der Waals surface area contributed by atoms with Crippen molar-refractivity contribution in [3.63, 3.8) is 0 Å². The third-order valence-corrected chi connectivity index (χ3v) is 3.66. The fraction of sp³-hybridized carbons (Fsp3) is 0.231. The summed E-state index contributed by atoms with van der Waals surface area (Å²) in [7, 11) is 0. The van der Waals surface area contributed by atoms with Crippen molar-refractivity contribution in [1.82, 2.24) is 5.32 Å². The first kappa shape index (κ1) is 13.6. The highest BCUT2D eigenvalue weighted by Crippen LogP contribution is 2.34. The third-order valence-electron chi connectivity index (χ3n) is 2.61. The Balaban J connectivity index is 2.48. The van der Waals surface area contributed by atoms with E-state index in [1.54, 1.807) is 24.5 Å². The highest BCUT2D eigenvalue weighted by molar-refractivity contribution is 9.10. The highest BCUT2D eigenvalue weighted by atomic mass is 79.9. The number of nitrogens with one attached hydrogen (secondary N) is 1. The Morgan fingerprint density at radius 3 is 2.83 bits per heavy atom. The molecule has 0 saturated carbocycles. The lowest BCUT2D eigenvalue weighted by Gasteiger charge is -2.18. The molecule has 1 N–H and O–H groups in total. The molecule has 1 unspecified atom stereocenters. The van der Waals surface area contributed by atoms with Gasteiger partial charge >= 0.3 is 0 Å². The predicted molar refractivity (Wildman–Crippen MR) is 73.3 cm³/mol. The molecule has 0 fully saturated rings. The molecule has 0 bridgehead atoms. The molecule has 2 nitrogen and oxygen atoms in total. The molecule has 5 heteroatoms. The lowest BCUT2D eigenvalue weighted by Crippen LogP contribution is -2.22. The molecule has 2 aromatic rings. The first-order valence-electron chi connectivity index (χ1n) is 5.55. The normalized spacial score (nSPS) is 12.7. The van der Waals surface area contributed by atoms with Crippen molar-refractivity contribution in [2.75, 3.05) is 6.54 Å². The minimum absolute atomic E-state index is 0.117. The summed E-state index contributed by atoms with van der Waals surface area (Å²) in [4.78, 5) is 0. The molecule has 0 spiro atoms. The molecule has 18 heavy (non-hydrogen) atoms. The second kappa shape index (κ2) is 5.87. The maximum absolute atomic E-state index is 13.5. The Kier molecular flexibility index (Phi) is 4.43. The summed E-state index contributed by atoms with van der Waals surface area (Å²) < 4.78 is 19.8. The van der Waals surface area contributed by atoms with Crippen LogP contribution in [0.3, 0.4) is 0 Å². The quantitative estimate of drug-likeness (QED) is 0.889. The Labute approximate surface area is 118 Å². The van der Waals surface area contributed by atoms with Crippen LogP contribution in [0.4, 0.5) is 4.39 Å². The lowest BCUT2D eigenvalue weighted by atomic mass is 10.0. The Morgan fingerprint density at radius 1 is 1.44 bits per heavy atom. The van der Waals surface area contributed by atoms with Crippen LogP contribution in [0, 0.1) is 5.82 Å². The summed E-state index contributed by atoms with van der Waals surface area (Å²) in [5.74, 6) is 0.254. The summed E-state index contributed by atoms with van der Waals surface area (Å²) in [5.41, 5.74) is 0.661. The van der Waals surface area contributed by atoms with Crippen molar-refractivity contribution in [3.8, 4) is 0 Å². The van der Waals surface area contributed by atoms with E-state index in [1.165, 1.54) is 6.07 Å². The zero-order valence-electron chi connectivity index (χ0n) is 9.71. The number of furan rings is 1. The van der Waals surface area contributed by atoms with Crippen molar-refractivity contribution < 1.29 is 8.81 Å². The van der Waals surface area contributed by atoms with Gasteiger partial charge in [0, 0.05) is 0 Å². The Bertz CT molecular complexity index is 544. The monoisotopic (exact) mass is 331 g/mol. The molecule has 0 aliphatic heterocycles. The van der Waals surface area contributed by atoms with Crippen LogP contribution in [0.1, 0.15) is 24.3 Å². The van der Waals surface area contributed by atoms with E-state index in [1.807, 2.05) is 6.92 Å². The molecule has 2 rings (SSSR count). The van der Waals surface area contributed by atoms with Gasteiger partial charge in [0.1, 0.15) is 11.6 Å². The summed E-state index contributed by atoms with van der Waals surface area (Å²) in [6.07, 6.45) is 1.58. The van der Waals surface area contributed by atoms with Crippen LogP contribution in [0.5, 0.6) is 0 Å². The first-order chi connectivity index (χ1) is 8.65. The van der Waals surface area contributed by atoms with Gasteiger partial charge in [0.15, 0.2) is 0 Å². The van der Waals surface area contributed by atoms with Gasteiger partial charge in [-0.25, -0.2) is 4.39 Å². The highest BCUT2D eigenvalue weighted by Gasteiger charge is 2.22. The fourth-order valence-electron chi connectivity index (χ4n) is 1.80. The minimum atomic E-state index is -0.431. The molecule has 0 aliphatic rings. The van der Waals surface area contributed by atoms with Crippen LogP contribution < -0.4 is 5.32 Å². The van der Waals surface area contributed by atoms with Crippen LogP contribution in [-0.4, -0.2) is 6.54 Å². The smallest absolute Gasteiger partial charge is 0.142 e. The van der Waals surface area contributed by atoms with Crippen LogP contribution in [-0.2, 0) is 0 Å². The summed E-state index contributed by atoms with van der Waals surface area (Å²) >= 11 is 9.43. The molecular formula is C13H12BrClFNO. The second-order valence-corrected chi connectivity index (χ2v) is 5.00. The maximum atomic E-state index is 13.5. The van der Waals surface area contributed by atoms with Crippen LogP contribution >= 0.6 is 27.5 Å². The fourth-order valence-corrected chi connectivity index (χ4v) is 2.47. The zero-order chi connectivity index (χ0) is 13.1.